The van der Waals surface area contributed by atoms with E-state index in [0.717, 1.165) is 111 Å². The van der Waals surface area contributed by atoms with Crippen LogP contribution in [0.1, 0.15) is 234 Å². The zero-order valence-electron chi connectivity index (χ0n) is 84.2. The first-order chi connectivity index (χ1) is 69.9. The van der Waals surface area contributed by atoms with Gasteiger partial charge in [0.2, 0.25) is 23.6 Å². The van der Waals surface area contributed by atoms with E-state index in [1.165, 1.54) is 63.9 Å². The third-order valence-corrected chi connectivity index (χ3v) is 27.5. The Kier molecular flexibility index (Phi) is 54.9. The van der Waals surface area contributed by atoms with Crippen LogP contribution in [-0.2, 0) is 105 Å². The van der Waals surface area contributed by atoms with Gasteiger partial charge in [0.15, 0.2) is 25.2 Å². The summed E-state index contributed by atoms with van der Waals surface area (Å²) in [5, 5.41) is 296. The van der Waals surface area contributed by atoms with Crippen molar-refractivity contribution in [2.24, 2.45) is 5.92 Å². The molecule has 0 bridgehead atoms. The molecule has 850 valence electrons. The minimum Gasteiger partial charge on any atom is -0.477 e. The molecule has 51 nitrogen and oxygen atoms in total. The van der Waals surface area contributed by atoms with E-state index in [2.05, 4.69) is 47.3 Å². The van der Waals surface area contributed by atoms with Crippen LogP contribution in [0.25, 0.3) is 0 Å². The van der Waals surface area contributed by atoms with Crippen LogP contribution in [0, 0.1) is 5.92 Å². The number of nitrogens with one attached hydrogen (secondary N) is 4. The number of allylic oxidation sites excluding steroid dienone is 3. The molecule has 3 unspecified atom stereocenters. The molecular weight excluding hydrogens is 1960 g/mol. The number of aliphatic hydroxyl groups excluding tert-OH is 22. The van der Waals surface area contributed by atoms with Crippen LogP contribution >= 0.6 is 0 Å². The third kappa shape index (κ3) is 36.0. The quantitative estimate of drug-likeness (QED) is 0.0199. The lowest BCUT2D eigenvalue weighted by Gasteiger charge is -2.53. The molecule has 4 amide bonds. The number of carbonyl (C=O) groups excluding carboxylic acids is 5. The summed E-state index contributed by atoms with van der Waals surface area (Å²) in [6.45, 7) is -2.20. The number of aliphatic hydroxyl groups is 22. The summed E-state index contributed by atoms with van der Waals surface area (Å²) in [7, 11) is 0. The molecule has 0 aromatic rings. The molecule has 0 aromatic carbocycles. The Balaban J connectivity index is 1.24. The molecule has 7 heterocycles. The predicted octanol–water partition coefficient (Wildman–Crippen LogP) is -5.83. The number of carbonyl (C=O) groups is 8. The number of ether oxygens (including phenoxy) is 14. The number of hydrogen-bond donors (Lipinski definition) is 29. The van der Waals surface area contributed by atoms with Crippen molar-refractivity contribution >= 4 is 47.3 Å². The van der Waals surface area contributed by atoms with Crippen LogP contribution in [0.5, 0.6) is 0 Å². The first kappa shape index (κ1) is 128. The normalized spacial score (nSPS) is 35.6. The number of aliphatic carboxylic acids is 3. The van der Waals surface area contributed by atoms with Crippen LogP contribution in [-0.4, -0.2) is 465 Å². The molecule has 147 heavy (non-hydrogen) atoms. The highest BCUT2D eigenvalue weighted by Gasteiger charge is 2.66. The van der Waals surface area contributed by atoms with Gasteiger partial charge in [0, 0.05) is 58.8 Å². The second kappa shape index (κ2) is 63.1. The fraction of sp³-hybridized carbons (Fsp3) is 0.875. The largest absolute Gasteiger partial charge is 0.477 e. The van der Waals surface area contributed by atoms with Crippen molar-refractivity contribution in [3.8, 4) is 0 Å². The molecule has 7 fully saturated rings. The maximum atomic E-state index is 14.7. The Hall–Kier alpha value is -6.00. The van der Waals surface area contributed by atoms with Crippen molar-refractivity contribution in [1.29, 1.82) is 0 Å². The van der Waals surface area contributed by atoms with Crippen molar-refractivity contribution < 1.29 is 232 Å². The van der Waals surface area contributed by atoms with Gasteiger partial charge in [-0.2, -0.15) is 0 Å². The number of carboxylic acid groups (broad SMARTS) is 3. The highest BCUT2D eigenvalue weighted by atomic mass is 16.8. The third-order valence-electron chi connectivity index (χ3n) is 27.5. The van der Waals surface area contributed by atoms with E-state index in [-0.39, 0.29) is 6.42 Å². The van der Waals surface area contributed by atoms with Crippen LogP contribution in [0.15, 0.2) is 24.3 Å². The molecule has 7 rings (SSSR count). The lowest BCUT2D eigenvalue weighted by molar-refractivity contribution is -0.407. The molecule has 0 radical (unpaired) electrons. The first-order valence-electron chi connectivity index (χ1n) is 51.2. The zero-order chi connectivity index (χ0) is 109. The number of Topliss-reactive ketones (excluding diaryl/α,β-unsaturated/α-hetero) is 1. The number of hydrogen-bond acceptors (Lipinski definition) is 44. The topological polar surface area (TPSA) is 820 Å². The average molecular weight is 2130 g/mol. The van der Waals surface area contributed by atoms with Crippen molar-refractivity contribution in [3.05, 3.63) is 24.3 Å². The summed E-state index contributed by atoms with van der Waals surface area (Å²) >= 11 is 0. The molecular formula is C96H164N4O47. The summed E-state index contributed by atoms with van der Waals surface area (Å²) in [6.07, 6.45) is -46.0. The first-order valence-corrected chi connectivity index (χ1v) is 51.2. The van der Waals surface area contributed by atoms with Gasteiger partial charge in [-0.1, -0.05) is 154 Å². The van der Waals surface area contributed by atoms with E-state index in [9.17, 15) is 166 Å². The fourth-order valence-corrected chi connectivity index (χ4v) is 19.4. The molecule has 0 aliphatic carbocycles. The van der Waals surface area contributed by atoms with Gasteiger partial charge in [0.05, 0.1) is 108 Å². The Morgan fingerprint density at radius 3 is 1.20 bits per heavy atom. The van der Waals surface area contributed by atoms with E-state index >= 15 is 0 Å². The van der Waals surface area contributed by atoms with Crippen LogP contribution < -0.4 is 21.3 Å². The van der Waals surface area contributed by atoms with E-state index in [1.807, 2.05) is 0 Å². The molecule has 7 saturated heterocycles. The van der Waals surface area contributed by atoms with Gasteiger partial charge >= 0.3 is 17.9 Å². The number of amides is 4. The van der Waals surface area contributed by atoms with Gasteiger partial charge < -0.3 is 220 Å². The predicted molar refractivity (Wildman–Crippen MR) is 502 cm³/mol. The summed E-state index contributed by atoms with van der Waals surface area (Å²) < 4.78 is 84.4. The van der Waals surface area contributed by atoms with Gasteiger partial charge in [-0.15, -0.1) is 0 Å². The van der Waals surface area contributed by atoms with Gasteiger partial charge in [0.25, 0.3) is 17.4 Å². The molecule has 40 atom stereocenters. The van der Waals surface area contributed by atoms with Crippen molar-refractivity contribution in [3.63, 3.8) is 0 Å². The van der Waals surface area contributed by atoms with Gasteiger partial charge in [0.1, 0.15) is 146 Å². The molecule has 29 N–H and O–H groups in total. The molecule has 0 spiro atoms. The maximum Gasteiger partial charge on any atom is 0.364 e. The van der Waals surface area contributed by atoms with Crippen molar-refractivity contribution in [1.82, 2.24) is 21.3 Å². The highest BCUT2D eigenvalue weighted by molar-refractivity contribution is 5.79. The number of ketones is 1. The SMILES string of the molecule is CCCCCCCCC=CCCCCCCCC(=O)N[C@@H](CO[C@@H]1O[C@H](CO)[C@@H](O[C@@H]2O[C@H](CO)[C@H](O[C@@H]3O[C@H](CO)[C@H](O)[C@H](O[C@@H]4O[C@H](CO)[C@H](O)[C@H](O)[C@H]4O)[C@H]3CC(C)=O)[C@H](O[C@]3(C(=O)O)C[C@H](O)[C@@H](NC(C)=O)C([C@H](O)[C@@H](CO)O[C@]4(C(=O)O)C[C@H](O)[C@@H](NC(C)=O)C([C@H](O)[C@@H](CO)O[C@]5(C(=O)O)C[C@H](O)[C@@H](NC(C)=O)C([C@H](O)[C@H](O)CO)O5)O4)O3)[C@H]2O)[C@H](O)[C@H]1O)[C@H](O)C=CCCCCCCCCCCCCC. The van der Waals surface area contributed by atoms with Crippen molar-refractivity contribution in [2.75, 3.05) is 52.9 Å². The zero-order valence-corrected chi connectivity index (χ0v) is 84.2. The molecule has 0 saturated carbocycles. The van der Waals surface area contributed by atoms with Crippen LogP contribution in [0.4, 0.5) is 0 Å². The summed E-state index contributed by atoms with van der Waals surface area (Å²) in [6, 6.07) is -7.46. The van der Waals surface area contributed by atoms with Gasteiger partial charge in [-0.25, -0.2) is 14.4 Å². The summed E-state index contributed by atoms with van der Waals surface area (Å²) in [5.74, 6) is -24.3. The number of unbranched alkanes of at least 4 members (excludes halogenated alkanes) is 22. The standard InChI is InChI=1S/C96H164N4O47/c1-7-9-11-13-15-17-19-21-22-24-26-28-30-32-34-36-66(117)100-54(55(112)35-33-31-29-27-25-23-20-18-16-14-12-10-8-2)48-134-88-78(126)76(124)81(64(46-106)137-88)140-90-79(127)86(82(65(47-107)138-90)141-87-53(37-49(3)108)80(72(120)61(43-103)135-87)139-89-77(125)75(123)71(119)60(42-102)136-89)147-96(93(132)133)40-58(115)69(99-52(6)111)85(146-96)74(122)63(45-105)143-95(92(130)131)39-57(114)68(98-51(5)110)84(145-95)73(121)62(44-104)142-94(91(128)129)38-56(113)67(97-50(4)109)83(144-94)70(118)59(116)41-101/h21-22,33,35,53-65,67-90,101-107,112-116,118-127H,7-20,23-32,34,36-48H2,1-6H3,(H,97,109)(H,98,110)(H,99,111)(H,100,117)(H,128,129)(H,130,131)(H,132,133)/t53-,54+,55-,56+,57+,58+,59-,60-,61-,62-,63-,64-,65-,67-,68-,69-,70-,71+,72+,73-,74-,75+,76-,77-,78-,79-,80-,81-,82+,83?,84?,85?,86-,87+,88-,89+,90+,94-,95-,96+/m1/s1. The van der Waals surface area contributed by atoms with Gasteiger partial charge in [-0.3, -0.25) is 19.2 Å². The fourth-order valence-electron chi connectivity index (χ4n) is 19.4. The van der Waals surface area contributed by atoms with E-state index in [0.29, 0.717) is 19.3 Å². The molecule has 0 aromatic heterocycles. The Labute approximate surface area is 852 Å². The lowest BCUT2D eigenvalue weighted by atomic mass is 9.86. The van der Waals surface area contributed by atoms with Crippen LogP contribution in [0.3, 0.4) is 0 Å². The Morgan fingerprint density at radius 2 is 0.762 bits per heavy atom. The lowest BCUT2D eigenvalue weighted by Crippen LogP contribution is -2.72. The number of carboxylic acids is 3. The van der Waals surface area contributed by atoms with Crippen LogP contribution in [0.2, 0.25) is 0 Å². The minimum atomic E-state index is -3.81. The average Bonchev–Trinajstić information content (AvgIpc) is 0.739. The minimum absolute atomic E-state index is 0.0419. The smallest absolute Gasteiger partial charge is 0.364 e. The second-order valence-electron chi connectivity index (χ2n) is 39.2. The Morgan fingerprint density at radius 1 is 0.388 bits per heavy atom. The van der Waals surface area contributed by atoms with Gasteiger partial charge in [-0.05, 0) is 51.9 Å². The molecule has 51 heteroatoms. The summed E-state index contributed by atoms with van der Waals surface area (Å²) in [5.41, 5.74) is 0. The molecule has 7 aliphatic heterocycles. The molecule has 7 aliphatic rings. The highest BCUT2D eigenvalue weighted by Crippen LogP contribution is 2.46. The second-order valence-corrected chi connectivity index (χ2v) is 39.2. The van der Waals surface area contributed by atoms with E-state index in [4.69, 9.17) is 66.3 Å². The van der Waals surface area contributed by atoms with E-state index in [1.54, 1.807) is 6.08 Å². The summed E-state index contributed by atoms with van der Waals surface area (Å²) in [4.78, 5) is 108. The Bertz CT molecular complexity index is 3960. The monoisotopic (exact) mass is 2130 g/mol. The number of rotatable bonds is 66. The van der Waals surface area contributed by atoms with Crippen molar-refractivity contribution in [2.45, 2.75) is 472 Å². The maximum absolute atomic E-state index is 14.7. The van der Waals surface area contributed by atoms with E-state index < -0.39 is 369 Å².